The minimum atomic E-state index is -0.258. The van der Waals surface area contributed by atoms with Crippen molar-refractivity contribution in [2.24, 2.45) is 0 Å². The molecular formula is C24H24N4O3. The van der Waals surface area contributed by atoms with Gasteiger partial charge >= 0.3 is 0 Å². The molecule has 0 spiro atoms. The van der Waals surface area contributed by atoms with Crippen LogP contribution in [0, 0.1) is 6.92 Å². The zero-order valence-corrected chi connectivity index (χ0v) is 17.3. The van der Waals surface area contributed by atoms with Gasteiger partial charge in [0.25, 0.3) is 11.8 Å². The molecule has 1 saturated heterocycles. The molecule has 1 N–H and O–H groups in total. The van der Waals surface area contributed by atoms with Gasteiger partial charge in [-0.2, -0.15) is 0 Å². The molecule has 7 heteroatoms. The number of likely N-dealkylation sites (tertiary alicyclic amines) is 1. The number of hydrogen-bond acceptors (Lipinski definition) is 5. The summed E-state index contributed by atoms with van der Waals surface area (Å²) in [6, 6.07) is 18.3. The number of ether oxygens (including phenoxy) is 1. The standard InChI is InChI=1S/C24H24N4O3/c1-17-20(24(30)27-18-9-4-2-5-10-18)15-25-23(26-17)21-13-8-14-28(21)22(29)16-31-19-11-6-3-7-12-19/h2-7,9-12,15,21H,8,13-14,16H2,1H3,(H,27,30)/t21-/m0/s1. The molecule has 0 bridgehead atoms. The first kappa shape index (κ1) is 20.5. The van der Waals surface area contributed by atoms with Crippen molar-refractivity contribution < 1.29 is 14.3 Å². The molecule has 1 fully saturated rings. The Labute approximate surface area is 181 Å². The molecule has 158 valence electrons. The number of amides is 2. The van der Waals surface area contributed by atoms with Gasteiger partial charge in [-0.3, -0.25) is 9.59 Å². The summed E-state index contributed by atoms with van der Waals surface area (Å²) < 4.78 is 5.61. The van der Waals surface area contributed by atoms with Crippen molar-refractivity contribution >= 4 is 17.5 Å². The van der Waals surface area contributed by atoms with Gasteiger partial charge in [0.2, 0.25) is 0 Å². The molecule has 2 aromatic carbocycles. The van der Waals surface area contributed by atoms with E-state index in [2.05, 4.69) is 15.3 Å². The number of carbonyl (C=O) groups excluding carboxylic acids is 2. The van der Waals surface area contributed by atoms with Gasteiger partial charge in [0, 0.05) is 18.4 Å². The molecule has 7 nitrogen and oxygen atoms in total. The smallest absolute Gasteiger partial charge is 0.261 e. The molecule has 1 aromatic heterocycles. The first-order valence-corrected chi connectivity index (χ1v) is 10.3. The molecular weight excluding hydrogens is 392 g/mol. The molecule has 1 aliphatic rings. The van der Waals surface area contributed by atoms with Crippen LogP contribution < -0.4 is 10.1 Å². The summed E-state index contributed by atoms with van der Waals surface area (Å²) in [6.07, 6.45) is 3.20. The lowest BCUT2D eigenvalue weighted by Crippen LogP contribution is -2.35. The molecule has 4 rings (SSSR count). The highest BCUT2D eigenvalue weighted by Crippen LogP contribution is 2.30. The van der Waals surface area contributed by atoms with Gasteiger partial charge in [0.15, 0.2) is 12.4 Å². The van der Waals surface area contributed by atoms with Crippen LogP contribution in [0.15, 0.2) is 66.9 Å². The number of para-hydroxylation sites is 2. The average Bonchev–Trinajstić information content (AvgIpc) is 3.29. The fourth-order valence-corrected chi connectivity index (χ4v) is 3.67. The normalized spacial score (nSPS) is 15.5. The molecule has 1 aliphatic heterocycles. The first-order chi connectivity index (χ1) is 15.1. The van der Waals surface area contributed by atoms with Gasteiger partial charge in [-0.1, -0.05) is 36.4 Å². The lowest BCUT2D eigenvalue weighted by Gasteiger charge is -2.24. The monoisotopic (exact) mass is 416 g/mol. The van der Waals surface area contributed by atoms with Crippen LogP contribution >= 0.6 is 0 Å². The van der Waals surface area contributed by atoms with Gasteiger partial charge < -0.3 is 15.0 Å². The van der Waals surface area contributed by atoms with Crippen LogP contribution in [0.3, 0.4) is 0 Å². The fourth-order valence-electron chi connectivity index (χ4n) is 3.67. The number of anilines is 1. The van der Waals surface area contributed by atoms with Crippen LogP contribution in [0.4, 0.5) is 5.69 Å². The number of rotatable bonds is 6. The largest absolute Gasteiger partial charge is 0.484 e. The van der Waals surface area contributed by atoms with E-state index in [0.29, 0.717) is 35.1 Å². The summed E-state index contributed by atoms with van der Waals surface area (Å²) in [7, 11) is 0. The van der Waals surface area contributed by atoms with E-state index >= 15 is 0 Å². The van der Waals surface area contributed by atoms with E-state index in [9.17, 15) is 9.59 Å². The maximum Gasteiger partial charge on any atom is 0.261 e. The van der Waals surface area contributed by atoms with Gasteiger partial charge in [-0.05, 0) is 44.0 Å². The van der Waals surface area contributed by atoms with E-state index < -0.39 is 0 Å². The maximum atomic E-state index is 12.7. The highest BCUT2D eigenvalue weighted by atomic mass is 16.5. The molecule has 0 aliphatic carbocycles. The number of hydrogen-bond donors (Lipinski definition) is 1. The summed E-state index contributed by atoms with van der Waals surface area (Å²) in [5.41, 5.74) is 1.70. The summed E-state index contributed by atoms with van der Waals surface area (Å²) in [4.78, 5) is 36.1. The second kappa shape index (κ2) is 9.38. The van der Waals surface area contributed by atoms with E-state index in [1.165, 1.54) is 6.20 Å². The van der Waals surface area contributed by atoms with Crippen molar-refractivity contribution in [3.63, 3.8) is 0 Å². The molecule has 3 aromatic rings. The molecule has 0 radical (unpaired) electrons. The highest BCUT2D eigenvalue weighted by Gasteiger charge is 2.32. The number of nitrogens with zero attached hydrogens (tertiary/aromatic N) is 3. The number of aromatic nitrogens is 2. The van der Waals surface area contributed by atoms with Gasteiger partial charge in [0.05, 0.1) is 17.3 Å². The summed E-state index contributed by atoms with van der Waals surface area (Å²) in [5.74, 6) is 0.858. The maximum absolute atomic E-state index is 12.7. The van der Waals surface area contributed by atoms with E-state index in [1.54, 1.807) is 11.8 Å². The topological polar surface area (TPSA) is 84.4 Å². The van der Waals surface area contributed by atoms with Gasteiger partial charge in [-0.25, -0.2) is 9.97 Å². The number of benzene rings is 2. The molecule has 0 unspecified atom stereocenters. The minimum Gasteiger partial charge on any atom is -0.484 e. The Kier molecular flexibility index (Phi) is 6.21. The van der Waals surface area contributed by atoms with Crippen LogP contribution in [0.5, 0.6) is 5.75 Å². The van der Waals surface area contributed by atoms with Crippen molar-refractivity contribution in [3.05, 3.63) is 83.9 Å². The van der Waals surface area contributed by atoms with Crippen molar-refractivity contribution in [1.29, 1.82) is 0 Å². The van der Waals surface area contributed by atoms with E-state index in [-0.39, 0.29) is 24.5 Å². The second-order valence-corrected chi connectivity index (χ2v) is 7.39. The fraction of sp³-hybridized carbons (Fsp3) is 0.250. The SMILES string of the molecule is Cc1nc([C@@H]2CCCN2C(=O)COc2ccccc2)ncc1C(=O)Nc1ccccc1. The van der Waals surface area contributed by atoms with Crippen LogP contribution in [0.2, 0.25) is 0 Å². The summed E-state index contributed by atoms with van der Waals surface area (Å²) in [5, 5.41) is 2.85. The molecule has 31 heavy (non-hydrogen) atoms. The number of nitrogens with one attached hydrogen (secondary N) is 1. The first-order valence-electron chi connectivity index (χ1n) is 10.3. The Morgan fingerprint density at radius 2 is 1.81 bits per heavy atom. The van der Waals surface area contributed by atoms with Crippen molar-refractivity contribution in [3.8, 4) is 5.75 Å². The van der Waals surface area contributed by atoms with Crippen molar-refractivity contribution in [2.45, 2.75) is 25.8 Å². The quantitative estimate of drug-likeness (QED) is 0.661. The lowest BCUT2D eigenvalue weighted by atomic mass is 10.1. The molecule has 2 heterocycles. The third-order valence-corrected chi connectivity index (χ3v) is 5.25. The number of aryl methyl sites for hydroxylation is 1. The predicted molar refractivity (Wildman–Crippen MR) is 117 cm³/mol. The highest BCUT2D eigenvalue weighted by molar-refractivity contribution is 6.04. The Morgan fingerprint density at radius 1 is 1.10 bits per heavy atom. The zero-order valence-electron chi connectivity index (χ0n) is 17.3. The third kappa shape index (κ3) is 4.88. The summed E-state index contributed by atoms with van der Waals surface area (Å²) in [6.45, 7) is 2.39. The van der Waals surface area contributed by atoms with Crippen LogP contribution in [0.1, 0.15) is 40.8 Å². The van der Waals surface area contributed by atoms with Gasteiger partial charge in [0.1, 0.15) is 5.75 Å². The van der Waals surface area contributed by atoms with E-state index in [1.807, 2.05) is 60.7 Å². The van der Waals surface area contributed by atoms with Crippen LogP contribution in [-0.2, 0) is 4.79 Å². The van der Waals surface area contributed by atoms with Gasteiger partial charge in [-0.15, -0.1) is 0 Å². The van der Waals surface area contributed by atoms with Crippen LogP contribution in [0.25, 0.3) is 0 Å². The Balaban J connectivity index is 1.43. The summed E-state index contributed by atoms with van der Waals surface area (Å²) >= 11 is 0. The number of carbonyl (C=O) groups is 2. The van der Waals surface area contributed by atoms with Crippen LogP contribution in [-0.4, -0.2) is 39.8 Å². The zero-order chi connectivity index (χ0) is 21.6. The third-order valence-electron chi connectivity index (χ3n) is 5.25. The second-order valence-electron chi connectivity index (χ2n) is 7.39. The van der Waals surface area contributed by atoms with Crippen molar-refractivity contribution in [1.82, 2.24) is 14.9 Å². The molecule has 0 saturated carbocycles. The molecule has 2 amide bonds. The van der Waals surface area contributed by atoms with E-state index in [0.717, 1.165) is 12.8 Å². The average molecular weight is 416 g/mol. The Bertz CT molecular complexity index is 1060. The Morgan fingerprint density at radius 3 is 2.52 bits per heavy atom. The minimum absolute atomic E-state index is 0.0307. The lowest BCUT2D eigenvalue weighted by molar-refractivity contribution is -0.134. The Hall–Kier alpha value is -3.74. The predicted octanol–water partition coefficient (Wildman–Crippen LogP) is 3.78. The van der Waals surface area contributed by atoms with E-state index in [4.69, 9.17) is 4.74 Å². The van der Waals surface area contributed by atoms with Crippen molar-refractivity contribution in [2.75, 3.05) is 18.5 Å². The molecule has 1 atom stereocenters.